The molecule has 0 fully saturated rings. The highest BCUT2D eigenvalue weighted by Crippen LogP contribution is 2.23. The van der Waals surface area contributed by atoms with Crippen LogP contribution < -0.4 is 0 Å². The number of rotatable bonds is 3. The maximum absolute atomic E-state index is 10.9. The van der Waals surface area contributed by atoms with Crippen molar-refractivity contribution in [3.8, 4) is 0 Å². The molecule has 5 heteroatoms. The maximum Gasteiger partial charge on any atom is 0.331 e. The van der Waals surface area contributed by atoms with Gasteiger partial charge in [0.05, 0.1) is 4.70 Å². The van der Waals surface area contributed by atoms with Crippen molar-refractivity contribution in [2.75, 3.05) is 0 Å². The summed E-state index contributed by atoms with van der Waals surface area (Å²) in [7, 11) is 0. The van der Waals surface area contributed by atoms with Gasteiger partial charge in [-0.25, -0.2) is 4.79 Å². The minimum atomic E-state index is -0.878. The van der Waals surface area contributed by atoms with Crippen LogP contribution in [0.15, 0.2) is 23.8 Å². The number of carboxylic acids is 1. The fourth-order valence-electron chi connectivity index (χ4n) is 1.44. The van der Waals surface area contributed by atoms with E-state index >= 15 is 0 Å². The second-order valence-corrected chi connectivity index (χ2v) is 4.05. The monoisotopic (exact) mass is 234 g/mol. The van der Waals surface area contributed by atoms with E-state index in [0.29, 0.717) is 12.0 Å². The Balaban J connectivity index is 2.55. The maximum atomic E-state index is 10.9. The van der Waals surface area contributed by atoms with Crippen LogP contribution in [0.2, 0.25) is 0 Å². The molecule has 0 spiro atoms. The van der Waals surface area contributed by atoms with Crippen molar-refractivity contribution in [1.29, 1.82) is 0 Å². The molecule has 4 nitrogen and oxygen atoms in total. The zero-order valence-electron chi connectivity index (χ0n) is 8.67. The van der Waals surface area contributed by atoms with Gasteiger partial charge in [-0.3, -0.25) is 0 Å². The number of nitrogens with zero attached hydrogens (tertiary/aromatic N) is 2. The van der Waals surface area contributed by atoms with Crippen LogP contribution in [0, 0.1) is 0 Å². The van der Waals surface area contributed by atoms with E-state index in [1.54, 1.807) is 6.08 Å². The van der Waals surface area contributed by atoms with Crippen molar-refractivity contribution >= 4 is 33.8 Å². The van der Waals surface area contributed by atoms with E-state index in [1.165, 1.54) is 11.5 Å². The Morgan fingerprint density at radius 1 is 1.56 bits per heavy atom. The Morgan fingerprint density at radius 3 is 3.06 bits per heavy atom. The molecule has 0 amide bonds. The molecule has 0 saturated carbocycles. The summed E-state index contributed by atoms with van der Waals surface area (Å²) < 4.78 is 4.78. The number of hydrogen-bond acceptors (Lipinski definition) is 4. The summed E-state index contributed by atoms with van der Waals surface area (Å²) in [5.41, 5.74) is 2.06. The molecule has 0 atom stereocenters. The van der Waals surface area contributed by atoms with E-state index < -0.39 is 5.97 Å². The molecule has 1 heterocycles. The summed E-state index contributed by atoms with van der Waals surface area (Å²) in [6.45, 7) is 1.82. The third-order valence-corrected chi connectivity index (χ3v) is 3.08. The molecule has 1 aromatic carbocycles. The highest BCUT2D eigenvalue weighted by atomic mass is 32.1. The number of hydrogen-bond donors (Lipinski definition) is 1. The van der Waals surface area contributed by atoms with Gasteiger partial charge in [0.15, 0.2) is 0 Å². The summed E-state index contributed by atoms with van der Waals surface area (Å²) >= 11 is 1.28. The van der Waals surface area contributed by atoms with Crippen LogP contribution in [0.5, 0.6) is 0 Å². The number of aromatic nitrogens is 2. The molecule has 0 aliphatic heterocycles. The third-order valence-electron chi connectivity index (χ3n) is 2.29. The predicted octanol–water partition coefficient (Wildman–Crippen LogP) is 2.57. The highest BCUT2D eigenvalue weighted by molar-refractivity contribution is 7.13. The van der Waals surface area contributed by atoms with Crippen LogP contribution in [0.1, 0.15) is 18.9 Å². The van der Waals surface area contributed by atoms with Gasteiger partial charge in [0.25, 0.3) is 0 Å². The average molecular weight is 234 g/mol. The number of benzene rings is 1. The van der Waals surface area contributed by atoms with E-state index in [-0.39, 0.29) is 0 Å². The highest BCUT2D eigenvalue weighted by Gasteiger charge is 2.07. The summed E-state index contributed by atoms with van der Waals surface area (Å²) in [4.78, 5) is 10.9. The van der Waals surface area contributed by atoms with Crippen LogP contribution in [0.3, 0.4) is 0 Å². The first-order chi connectivity index (χ1) is 7.72. The summed E-state index contributed by atoms with van der Waals surface area (Å²) in [5.74, 6) is -0.878. The Bertz CT molecular complexity index is 560. The summed E-state index contributed by atoms with van der Waals surface area (Å²) in [6, 6.07) is 5.59. The lowest BCUT2D eigenvalue weighted by molar-refractivity contribution is -0.132. The molecule has 0 aliphatic carbocycles. The molecule has 82 valence electrons. The van der Waals surface area contributed by atoms with Crippen molar-refractivity contribution in [2.24, 2.45) is 0 Å². The molecule has 16 heavy (non-hydrogen) atoms. The standard InChI is InChI=1S/C11H10N2O2S/c1-2-7(11(14)15)6-8-4-3-5-9-10(8)16-13-12-9/h3-6H,2H2,1H3,(H,14,15)/b7-6+. The number of aliphatic carboxylic acids is 1. The van der Waals surface area contributed by atoms with Gasteiger partial charge >= 0.3 is 5.97 Å². The smallest absolute Gasteiger partial charge is 0.331 e. The van der Waals surface area contributed by atoms with Gasteiger partial charge in [-0.05, 0) is 35.7 Å². The van der Waals surface area contributed by atoms with E-state index in [4.69, 9.17) is 5.11 Å². The average Bonchev–Trinajstić information content (AvgIpc) is 2.73. The summed E-state index contributed by atoms with van der Waals surface area (Å²) in [6.07, 6.45) is 2.18. The lowest BCUT2D eigenvalue weighted by Crippen LogP contribution is -1.98. The first kappa shape index (κ1) is 10.8. The number of carboxylic acid groups (broad SMARTS) is 1. The SMILES string of the molecule is CC/C(=C\c1cccc2nnsc12)C(=O)O. The normalized spacial score (nSPS) is 11.9. The number of fused-ring (bicyclic) bond motifs is 1. The molecule has 2 aromatic rings. The zero-order chi connectivity index (χ0) is 11.5. The van der Waals surface area contributed by atoms with E-state index in [1.807, 2.05) is 25.1 Å². The first-order valence-corrected chi connectivity index (χ1v) is 5.64. The molecule has 0 bridgehead atoms. The lowest BCUT2D eigenvalue weighted by atomic mass is 10.1. The fraction of sp³-hybridized carbons (Fsp3) is 0.182. The Kier molecular flexibility index (Phi) is 2.96. The van der Waals surface area contributed by atoms with Gasteiger partial charge in [0, 0.05) is 5.57 Å². The summed E-state index contributed by atoms with van der Waals surface area (Å²) in [5, 5.41) is 12.9. The Hall–Kier alpha value is -1.75. The van der Waals surface area contributed by atoms with E-state index in [9.17, 15) is 4.79 Å². The molecule has 0 aliphatic rings. The lowest BCUT2D eigenvalue weighted by Gasteiger charge is -1.99. The molecule has 1 aromatic heterocycles. The van der Waals surface area contributed by atoms with Gasteiger partial charge < -0.3 is 5.11 Å². The zero-order valence-corrected chi connectivity index (χ0v) is 9.49. The molecule has 2 rings (SSSR count). The van der Waals surface area contributed by atoms with Gasteiger partial charge in [0.1, 0.15) is 5.52 Å². The van der Waals surface area contributed by atoms with Gasteiger partial charge in [0.2, 0.25) is 0 Å². The van der Waals surface area contributed by atoms with Crippen molar-refractivity contribution in [2.45, 2.75) is 13.3 Å². The topological polar surface area (TPSA) is 63.1 Å². The van der Waals surface area contributed by atoms with Gasteiger partial charge in [-0.1, -0.05) is 23.5 Å². The predicted molar refractivity (Wildman–Crippen MR) is 63.3 cm³/mol. The fourth-order valence-corrected chi connectivity index (χ4v) is 2.09. The van der Waals surface area contributed by atoms with Crippen LogP contribution in [0.25, 0.3) is 16.3 Å². The molecular formula is C11H10N2O2S. The minimum absolute atomic E-state index is 0.390. The van der Waals surface area contributed by atoms with Gasteiger partial charge in [-0.2, -0.15) is 0 Å². The quantitative estimate of drug-likeness (QED) is 0.829. The van der Waals surface area contributed by atoms with Gasteiger partial charge in [-0.15, -0.1) is 5.10 Å². The van der Waals surface area contributed by atoms with Crippen molar-refractivity contribution in [1.82, 2.24) is 9.59 Å². The molecule has 0 unspecified atom stereocenters. The first-order valence-electron chi connectivity index (χ1n) is 4.87. The largest absolute Gasteiger partial charge is 0.478 e. The second-order valence-electron chi connectivity index (χ2n) is 3.30. The number of carbonyl (C=O) groups is 1. The molecular weight excluding hydrogens is 224 g/mol. The van der Waals surface area contributed by atoms with Crippen molar-refractivity contribution in [3.05, 3.63) is 29.3 Å². The second kappa shape index (κ2) is 4.40. The van der Waals surface area contributed by atoms with Crippen molar-refractivity contribution in [3.63, 3.8) is 0 Å². The molecule has 0 radical (unpaired) electrons. The Labute approximate surface area is 96.4 Å². The Morgan fingerprint density at radius 2 is 2.38 bits per heavy atom. The minimum Gasteiger partial charge on any atom is -0.478 e. The third kappa shape index (κ3) is 1.94. The molecule has 0 saturated heterocycles. The van der Waals surface area contributed by atoms with Crippen molar-refractivity contribution < 1.29 is 9.90 Å². The van der Waals surface area contributed by atoms with Crippen LogP contribution >= 0.6 is 11.5 Å². The van der Waals surface area contributed by atoms with Crippen LogP contribution in [-0.2, 0) is 4.79 Å². The van der Waals surface area contributed by atoms with Crippen LogP contribution in [0.4, 0.5) is 0 Å². The molecule has 1 N–H and O–H groups in total. The van der Waals surface area contributed by atoms with E-state index in [2.05, 4.69) is 9.59 Å². The van der Waals surface area contributed by atoms with E-state index in [0.717, 1.165) is 15.8 Å². The van der Waals surface area contributed by atoms with Crippen LogP contribution in [-0.4, -0.2) is 20.7 Å².